The summed E-state index contributed by atoms with van der Waals surface area (Å²) in [7, 11) is 0. The van der Waals surface area contributed by atoms with Gasteiger partial charge < -0.3 is 9.84 Å². The predicted molar refractivity (Wildman–Crippen MR) is 89.0 cm³/mol. The quantitative estimate of drug-likeness (QED) is 0.902. The van der Waals surface area contributed by atoms with Crippen molar-refractivity contribution >= 4 is 0 Å². The van der Waals surface area contributed by atoms with Crippen molar-refractivity contribution in [1.82, 2.24) is 4.90 Å². The molecule has 2 aliphatic rings. The van der Waals surface area contributed by atoms with Crippen LogP contribution in [0.3, 0.4) is 0 Å². The molecule has 1 heterocycles. The van der Waals surface area contributed by atoms with Gasteiger partial charge in [0.25, 0.3) is 0 Å². The number of aliphatic hydroxyl groups excluding tert-OH is 1. The summed E-state index contributed by atoms with van der Waals surface area (Å²) in [6, 6.07) is 9.08. The summed E-state index contributed by atoms with van der Waals surface area (Å²) >= 11 is 0. The Bertz CT molecular complexity index is 470. The van der Waals surface area contributed by atoms with E-state index in [0.29, 0.717) is 24.7 Å². The molecule has 0 radical (unpaired) electrons. The van der Waals surface area contributed by atoms with Crippen molar-refractivity contribution < 1.29 is 9.84 Å². The van der Waals surface area contributed by atoms with Crippen molar-refractivity contribution in [3.63, 3.8) is 0 Å². The van der Waals surface area contributed by atoms with Gasteiger partial charge in [0.1, 0.15) is 5.75 Å². The van der Waals surface area contributed by atoms with E-state index in [1.165, 1.54) is 37.7 Å². The normalized spacial score (nSPS) is 27.2. The number of piperidine rings is 1. The molecule has 3 rings (SSSR count). The van der Waals surface area contributed by atoms with Crippen LogP contribution in [0.5, 0.6) is 5.75 Å². The van der Waals surface area contributed by atoms with Crippen LogP contribution >= 0.6 is 0 Å². The number of hydrogen-bond acceptors (Lipinski definition) is 3. The minimum absolute atomic E-state index is 0.309. The van der Waals surface area contributed by atoms with Gasteiger partial charge in [-0.05, 0) is 57.4 Å². The van der Waals surface area contributed by atoms with Gasteiger partial charge in [-0.1, -0.05) is 18.2 Å². The Hall–Kier alpha value is -1.06. The summed E-state index contributed by atoms with van der Waals surface area (Å²) in [5, 5.41) is 9.45. The molecule has 0 spiro atoms. The summed E-state index contributed by atoms with van der Waals surface area (Å²) in [5.41, 5.74) is 1.29. The van der Waals surface area contributed by atoms with Crippen molar-refractivity contribution in [3.8, 4) is 5.75 Å². The standard InChI is InChI=1S/C19H29NO2/c1-15-10-11-16(14-21)12-20(15)13-17-6-2-5-9-19(17)22-18-7-3-4-8-18/h2,5-6,9,15-16,18,21H,3-4,7-8,10-14H2,1H3. The van der Waals surface area contributed by atoms with Gasteiger partial charge in [0.2, 0.25) is 0 Å². The smallest absolute Gasteiger partial charge is 0.124 e. The number of likely N-dealkylation sites (tertiary alicyclic amines) is 1. The molecule has 3 nitrogen and oxygen atoms in total. The zero-order valence-electron chi connectivity index (χ0n) is 13.7. The lowest BCUT2D eigenvalue weighted by Gasteiger charge is -2.37. The number of benzene rings is 1. The average molecular weight is 303 g/mol. The van der Waals surface area contributed by atoms with E-state index in [0.717, 1.165) is 25.3 Å². The summed E-state index contributed by atoms with van der Waals surface area (Å²) < 4.78 is 6.26. The molecule has 0 bridgehead atoms. The van der Waals surface area contributed by atoms with Crippen LogP contribution in [0.1, 0.15) is 51.0 Å². The molecule has 1 N–H and O–H groups in total. The number of rotatable bonds is 5. The van der Waals surface area contributed by atoms with Crippen LogP contribution in [0.25, 0.3) is 0 Å². The second-order valence-corrected chi connectivity index (χ2v) is 7.04. The van der Waals surface area contributed by atoms with E-state index in [1.54, 1.807) is 0 Å². The van der Waals surface area contributed by atoms with Gasteiger partial charge in [0, 0.05) is 31.3 Å². The molecule has 1 saturated heterocycles. The van der Waals surface area contributed by atoms with Crippen LogP contribution in [0.2, 0.25) is 0 Å². The predicted octanol–water partition coefficient (Wildman–Crippen LogP) is 3.60. The Morgan fingerprint density at radius 3 is 2.68 bits per heavy atom. The lowest BCUT2D eigenvalue weighted by Crippen LogP contribution is -2.42. The Morgan fingerprint density at radius 1 is 1.14 bits per heavy atom. The third-order valence-corrected chi connectivity index (χ3v) is 5.31. The molecule has 1 aromatic carbocycles. The summed E-state index contributed by atoms with van der Waals surface area (Å²) in [6.45, 7) is 4.54. The number of nitrogens with zero attached hydrogens (tertiary/aromatic N) is 1. The molecule has 0 amide bonds. The zero-order valence-corrected chi connectivity index (χ0v) is 13.7. The number of para-hydroxylation sites is 1. The van der Waals surface area contributed by atoms with Gasteiger partial charge in [-0.15, -0.1) is 0 Å². The van der Waals surface area contributed by atoms with E-state index in [1.807, 2.05) is 0 Å². The third kappa shape index (κ3) is 3.82. The first kappa shape index (κ1) is 15.8. The lowest BCUT2D eigenvalue weighted by molar-refractivity contribution is 0.0758. The Balaban J connectivity index is 1.68. The highest BCUT2D eigenvalue weighted by Gasteiger charge is 2.26. The summed E-state index contributed by atoms with van der Waals surface area (Å²) in [5.74, 6) is 1.49. The van der Waals surface area contributed by atoms with Crippen LogP contribution in [0.4, 0.5) is 0 Å². The molecule has 2 atom stereocenters. The van der Waals surface area contributed by atoms with E-state index in [-0.39, 0.29) is 0 Å². The second kappa shape index (κ2) is 7.47. The Morgan fingerprint density at radius 2 is 1.91 bits per heavy atom. The third-order valence-electron chi connectivity index (χ3n) is 5.31. The molecule has 3 heteroatoms. The molecule has 1 aromatic rings. The molecule has 2 unspecified atom stereocenters. The number of hydrogen-bond donors (Lipinski definition) is 1. The van der Waals surface area contributed by atoms with E-state index >= 15 is 0 Å². The van der Waals surface area contributed by atoms with Crippen LogP contribution < -0.4 is 4.74 Å². The largest absolute Gasteiger partial charge is 0.490 e. The maximum Gasteiger partial charge on any atom is 0.124 e. The fourth-order valence-electron chi connectivity index (χ4n) is 3.79. The van der Waals surface area contributed by atoms with Crippen LogP contribution in [0.15, 0.2) is 24.3 Å². The van der Waals surface area contributed by atoms with Gasteiger partial charge in [-0.25, -0.2) is 0 Å². The maximum absolute atomic E-state index is 9.45. The topological polar surface area (TPSA) is 32.7 Å². The minimum Gasteiger partial charge on any atom is -0.490 e. The highest BCUT2D eigenvalue weighted by atomic mass is 16.5. The van der Waals surface area contributed by atoms with Crippen LogP contribution in [-0.2, 0) is 6.54 Å². The first-order valence-electron chi connectivity index (χ1n) is 8.85. The van der Waals surface area contributed by atoms with Crippen molar-refractivity contribution in [2.45, 2.75) is 64.1 Å². The highest BCUT2D eigenvalue weighted by molar-refractivity contribution is 5.33. The molecular formula is C19H29NO2. The first-order valence-corrected chi connectivity index (χ1v) is 8.85. The molecular weight excluding hydrogens is 274 g/mol. The van der Waals surface area contributed by atoms with E-state index in [4.69, 9.17) is 4.74 Å². The van der Waals surface area contributed by atoms with E-state index in [2.05, 4.69) is 36.1 Å². The van der Waals surface area contributed by atoms with Crippen molar-refractivity contribution in [1.29, 1.82) is 0 Å². The molecule has 1 aliphatic carbocycles. The fourth-order valence-corrected chi connectivity index (χ4v) is 3.79. The van der Waals surface area contributed by atoms with Gasteiger partial charge in [0.05, 0.1) is 6.10 Å². The Kier molecular flexibility index (Phi) is 5.37. The molecule has 1 aliphatic heterocycles. The van der Waals surface area contributed by atoms with Crippen molar-refractivity contribution in [2.75, 3.05) is 13.2 Å². The fraction of sp³-hybridized carbons (Fsp3) is 0.684. The van der Waals surface area contributed by atoms with Crippen LogP contribution in [0, 0.1) is 5.92 Å². The Labute approximate surface area is 134 Å². The minimum atomic E-state index is 0.309. The number of ether oxygens (including phenoxy) is 1. The number of aliphatic hydroxyl groups is 1. The van der Waals surface area contributed by atoms with Gasteiger partial charge in [-0.3, -0.25) is 4.90 Å². The SMILES string of the molecule is CC1CCC(CO)CN1Cc1ccccc1OC1CCCC1. The van der Waals surface area contributed by atoms with Crippen molar-refractivity contribution in [3.05, 3.63) is 29.8 Å². The molecule has 2 fully saturated rings. The molecule has 22 heavy (non-hydrogen) atoms. The first-order chi connectivity index (χ1) is 10.8. The second-order valence-electron chi connectivity index (χ2n) is 7.04. The van der Waals surface area contributed by atoms with Crippen LogP contribution in [-0.4, -0.2) is 35.3 Å². The maximum atomic E-state index is 9.45. The monoisotopic (exact) mass is 303 g/mol. The molecule has 122 valence electrons. The van der Waals surface area contributed by atoms with E-state index in [9.17, 15) is 5.11 Å². The lowest BCUT2D eigenvalue weighted by atomic mass is 9.93. The molecule has 0 aromatic heterocycles. The highest BCUT2D eigenvalue weighted by Crippen LogP contribution is 2.29. The summed E-state index contributed by atoms with van der Waals surface area (Å²) in [6.07, 6.45) is 7.72. The summed E-state index contributed by atoms with van der Waals surface area (Å²) in [4.78, 5) is 2.50. The average Bonchev–Trinajstić information content (AvgIpc) is 3.04. The van der Waals surface area contributed by atoms with Crippen molar-refractivity contribution in [2.24, 2.45) is 5.92 Å². The zero-order chi connectivity index (χ0) is 15.4. The van der Waals surface area contributed by atoms with E-state index < -0.39 is 0 Å². The van der Waals surface area contributed by atoms with Gasteiger partial charge >= 0.3 is 0 Å². The molecule has 1 saturated carbocycles. The van der Waals surface area contributed by atoms with Gasteiger partial charge in [0.15, 0.2) is 0 Å². The van der Waals surface area contributed by atoms with Gasteiger partial charge in [-0.2, -0.15) is 0 Å².